The van der Waals surface area contributed by atoms with E-state index in [1.54, 1.807) is 15.9 Å². The van der Waals surface area contributed by atoms with Crippen LogP contribution in [0.5, 0.6) is 11.5 Å². The van der Waals surface area contributed by atoms with E-state index in [2.05, 4.69) is 4.90 Å². The van der Waals surface area contributed by atoms with E-state index in [1.165, 1.54) is 12.8 Å². The van der Waals surface area contributed by atoms with Gasteiger partial charge in [0.05, 0.1) is 30.7 Å². The zero-order valence-corrected chi connectivity index (χ0v) is 20.6. The molecule has 2 aliphatic carbocycles. The van der Waals surface area contributed by atoms with Crippen LogP contribution in [0, 0.1) is 5.92 Å². The van der Waals surface area contributed by atoms with Crippen LogP contribution in [0.1, 0.15) is 49.7 Å². The van der Waals surface area contributed by atoms with Gasteiger partial charge in [-0.15, -0.1) is 0 Å². The normalized spacial score (nSPS) is 37.2. The number of amides is 1. The van der Waals surface area contributed by atoms with E-state index < -0.39 is 23.0 Å². The minimum absolute atomic E-state index is 0.0472. The summed E-state index contributed by atoms with van der Waals surface area (Å²) in [5.74, 6) is -1.73. The van der Waals surface area contributed by atoms with E-state index in [-0.39, 0.29) is 43.8 Å². The van der Waals surface area contributed by atoms with Crippen molar-refractivity contribution in [1.82, 2.24) is 14.7 Å². The van der Waals surface area contributed by atoms with Crippen LogP contribution < -0.4 is 4.74 Å². The number of phenols is 1. The lowest BCUT2D eigenvalue weighted by Crippen LogP contribution is -2.74. The van der Waals surface area contributed by atoms with Crippen LogP contribution in [0.25, 0.3) is 0 Å². The second-order valence-corrected chi connectivity index (χ2v) is 12.1. The minimum Gasteiger partial charge on any atom is -0.504 e. The highest BCUT2D eigenvalue weighted by Crippen LogP contribution is 2.63. The molecular formula is C27H35F2N3O4. The van der Waals surface area contributed by atoms with Gasteiger partial charge in [0.15, 0.2) is 11.5 Å². The molecule has 0 aromatic heterocycles. The Morgan fingerprint density at radius 3 is 2.75 bits per heavy atom. The third-order valence-corrected chi connectivity index (χ3v) is 9.97. The van der Waals surface area contributed by atoms with Crippen LogP contribution in [-0.2, 0) is 16.6 Å². The molecule has 1 aromatic carbocycles. The third kappa shape index (κ3) is 3.28. The zero-order valence-electron chi connectivity index (χ0n) is 20.6. The number of piperidine rings is 2. The fourth-order valence-electron chi connectivity index (χ4n) is 8.10. The molecule has 9 heteroatoms. The van der Waals surface area contributed by atoms with Crippen molar-refractivity contribution < 1.29 is 28.5 Å². The smallest absolute Gasteiger partial charge is 0.260 e. The van der Waals surface area contributed by atoms with Gasteiger partial charge in [0.25, 0.3) is 5.92 Å². The van der Waals surface area contributed by atoms with Crippen molar-refractivity contribution >= 4 is 5.91 Å². The summed E-state index contributed by atoms with van der Waals surface area (Å²) in [5, 5.41) is 23.3. The van der Waals surface area contributed by atoms with Crippen LogP contribution in [0.3, 0.4) is 0 Å². The Bertz CT molecular complexity index is 1100. The van der Waals surface area contributed by atoms with Gasteiger partial charge in [-0.1, -0.05) is 6.07 Å². The number of alkyl halides is 2. The Kier molecular flexibility index (Phi) is 5.00. The molecule has 4 aliphatic heterocycles. The maximum Gasteiger partial charge on any atom is 0.260 e. The quantitative estimate of drug-likeness (QED) is 0.656. The average molecular weight is 504 g/mol. The summed E-state index contributed by atoms with van der Waals surface area (Å²) in [6, 6.07) is 3.58. The molecule has 4 heterocycles. The number of aromatic hydroxyl groups is 1. The molecule has 6 aliphatic rings. The number of nitrogens with zero attached hydrogens (tertiary/aromatic N) is 3. The highest BCUT2D eigenvalue weighted by molar-refractivity contribution is 5.78. The van der Waals surface area contributed by atoms with E-state index in [0.717, 1.165) is 24.2 Å². The Labute approximate surface area is 210 Å². The molecule has 2 bridgehead atoms. The fourth-order valence-corrected chi connectivity index (χ4v) is 8.10. The third-order valence-electron chi connectivity index (χ3n) is 9.97. The number of halogens is 2. The molecule has 1 spiro atoms. The van der Waals surface area contributed by atoms with Gasteiger partial charge in [0.1, 0.15) is 6.10 Å². The number of phenolic OH excluding ortho intramolecular Hbond substituents is 1. The first-order valence-corrected chi connectivity index (χ1v) is 13.6. The summed E-state index contributed by atoms with van der Waals surface area (Å²) < 4.78 is 34.4. The van der Waals surface area contributed by atoms with Crippen LogP contribution in [0.4, 0.5) is 8.78 Å². The average Bonchev–Trinajstić information content (AvgIpc) is 3.58. The number of hydrogen-bond donors (Lipinski definition) is 2. The van der Waals surface area contributed by atoms with Crippen molar-refractivity contribution in [3.8, 4) is 11.5 Å². The first kappa shape index (κ1) is 23.2. The summed E-state index contributed by atoms with van der Waals surface area (Å²) in [5.41, 5.74) is 0.273. The summed E-state index contributed by atoms with van der Waals surface area (Å²) in [6.07, 6.45) is 4.07. The number of aliphatic hydroxyl groups is 1. The van der Waals surface area contributed by atoms with Crippen molar-refractivity contribution in [3.05, 3.63) is 23.3 Å². The minimum atomic E-state index is -2.76. The van der Waals surface area contributed by atoms with Crippen molar-refractivity contribution in [2.45, 2.75) is 74.0 Å². The van der Waals surface area contributed by atoms with Crippen LogP contribution in [0.2, 0.25) is 0 Å². The summed E-state index contributed by atoms with van der Waals surface area (Å²) in [6.45, 7) is 2.56. The van der Waals surface area contributed by atoms with E-state index in [9.17, 15) is 23.8 Å². The maximum atomic E-state index is 14.0. The Morgan fingerprint density at radius 2 is 1.97 bits per heavy atom. The highest BCUT2D eigenvalue weighted by atomic mass is 19.3. The second-order valence-electron chi connectivity index (χ2n) is 12.1. The van der Waals surface area contributed by atoms with Gasteiger partial charge in [-0.3, -0.25) is 14.6 Å². The topological polar surface area (TPSA) is 76.5 Å². The molecule has 0 unspecified atom stereocenters. The van der Waals surface area contributed by atoms with Crippen LogP contribution >= 0.6 is 0 Å². The lowest BCUT2D eigenvalue weighted by molar-refractivity contribution is -0.162. The summed E-state index contributed by atoms with van der Waals surface area (Å²) in [7, 11) is 0. The van der Waals surface area contributed by atoms with Crippen LogP contribution in [0.15, 0.2) is 12.1 Å². The molecule has 36 heavy (non-hydrogen) atoms. The van der Waals surface area contributed by atoms with E-state index >= 15 is 0 Å². The largest absolute Gasteiger partial charge is 0.504 e. The molecule has 7 rings (SSSR count). The summed E-state index contributed by atoms with van der Waals surface area (Å²) in [4.78, 5) is 19.2. The molecule has 1 saturated carbocycles. The molecule has 2 N–H and O–H groups in total. The van der Waals surface area contributed by atoms with Crippen LogP contribution in [-0.4, -0.2) is 100 Å². The van der Waals surface area contributed by atoms with Crippen molar-refractivity contribution in [3.63, 3.8) is 0 Å². The SMILES string of the molecule is O=C(CN1CCCC(F)(F)C1)N1CC[C@@]2(O)[C@H]3Cc4ccc(O)c5c4[C@@]2(CCN3CC2CC2)[C@H](C1)O5. The van der Waals surface area contributed by atoms with Crippen molar-refractivity contribution in [1.29, 1.82) is 0 Å². The molecule has 3 saturated heterocycles. The number of rotatable bonds is 4. The molecular weight excluding hydrogens is 468 g/mol. The predicted octanol–water partition coefficient (Wildman–Crippen LogP) is 2.13. The second kappa shape index (κ2) is 7.77. The standard InChI is InChI=1S/C27H35F2N3O4/c28-25(29)6-1-9-30(16-25)15-22(34)32-11-8-27(35)20-12-18-4-5-19(33)24-23(18)26(27,21(14-32)36-24)7-10-31(20)13-17-2-3-17/h4-5,17,20-21,33,35H,1-3,6-16H2/t20-,21+,26-,27-/m1/s1. The van der Waals surface area contributed by atoms with Gasteiger partial charge >= 0.3 is 0 Å². The molecule has 1 aromatic rings. The van der Waals surface area contributed by atoms with Gasteiger partial charge in [-0.25, -0.2) is 8.78 Å². The molecule has 0 radical (unpaired) electrons. The van der Waals surface area contributed by atoms with Gasteiger partial charge in [-0.2, -0.15) is 0 Å². The maximum absolute atomic E-state index is 14.0. The molecule has 7 nitrogen and oxygen atoms in total. The lowest BCUT2D eigenvalue weighted by atomic mass is 9.52. The first-order valence-electron chi connectivity index (χ1n) is 13.6. The number of hydrogen-bond acceptors (Lipinski definition) is 6. The van der Waals surface area contributed by atoms with Gasteiger partial charge in [0.2, 0.25) is 5.91 Å². The number of carbonyl (C=O) groups is 1. The summed E-state index contributed by atoms with van der Waals surface area (Å²) >= 11 is 0. The fraction of sp³-hybridized carbons (Fsp3) is 0.741. The monoisotopic (exact) mass is 503 g/mol. The van der Waals surface area contributed by atoms with E-state index in [0.29, 0.717) is 50.4 Å². The Morgan fingerprint density at radius 1 is 1.14 bits per heavy atom. The van der Waals surface area contributed by atoms with E-state index in [4.69, 9.17) is 4.74 Å². The van der Waals surface area contributed by atoms with Gasteiger partial charge in [0, 0.05) is 31.1 Å². The molecule has 4 fully saturated rings. The number of likely N-dealkylation sites (tertiary alicyclic amines) is 3. The molecule has 4 atom stereocenters. The van der Waals surface area contributed by atoms with Crippen molar-refractivity contribution in [2.24, 2.45) is 5.92 Å². The highest BCUT2D eigenvalue weighted by Gasteiger charge is 2.71. The Hall–Kier alpha value is -1.97. The van der Waals surface area contributed by atoms with Gasteiger partial charge in [-0.05, 0) is 69.2 Å². The first-order chi connectivity index (χ1) is 17.2. The lowest BCUT2D eigenvalue weighted by Gasteiger charge is -2.60. The molecule has 1 amide bonds. The number of ether oxygens (including phenoxy) is 1. The van der Waals surface area contributed by atoms with E-state index in [1.807, 2.05) is 6.07 Å². The number of carbonyl (C=O) groups excluding carboxylic acids is 1. The Balaban J connectivity index is 1.23. The van der Waals surface area contributed by atoms with Crippen molar-refractivity contribution in [2.75, 3.05) is 45.8 Å². The zero-order chi connectivity index (χ0) is 24.9. The predicted molar refractivity (Wildman–Crippen MR) is 127 cm³/mol. The molecule has 196 valence electrons. The van der Waals surface area contributed by atoms with Gasteiger partial charge < -0.3 is 19.8 Å². The number of benzene rings is 1.